The van der Waals surface area contributed by atoms with Crippen LogP contribution >= 0.6 is 11.6 Å². The minimum atomic E-state index is -0.412. The molecule has 2 N–H and O–H groups in total. The monoisotopic (exact) mass is 321 g/mol. The summed E-state index contributed by atoms with van der Waals surface area (Å²) in [6.07, 6.45) is 0. The Balaban J connectivity index is 2.30. The number of para-hydroxylation sites is 2. The van der Waals surface area contributed by atoms with Crippen LogP contribution in [0.1, 0.15) is 17.3 Å². The Kier molecular flexibility index (Phi) is 5.12. The van der Waals surface area contributed by atoms with Crippen molar-refractivity contribution in [2.24, 2.45) is 0 Å². The zero-order valence-corrected chi connectivity index (χ0v) is 13.0. The molecule has 0 fully saturated rings. The van der Waals surface area contributed by atoms with Crippen LogP contribution in [0.4, 0.5) is 5.69 Å². The smallest absolute Gasteiger partial charge is 0.255 e. The molecule has 0 aliphatic carbocycles. The first-order chi connectivity index (χ1) is 10.6. The molecule has 0 unspecified atom stereocenters. The summed E-state index contributed by atoms with van der Waals surface area (Å²) in [5.41, 5.74) is 0.616. The molecular weight excluding hydrogens is 306 g/mol. The number of phenolic OH excluding ortho intramolecular Hbond substituents is 1. The highest BCUT2D eigenvalue weighted by atomic mass is 35.5. The van der Waals surface area contributed by atoms with Crippen LogP contribution in [0.2, 0.25) is 5.02 Å². The summed E-state index contributed by atoms with van der Waals surface area (Å²) in [5, 5.41) is 12.6. The second-order valence-electron chi connectivity index (χ2n) is 4.39. The number of amides is 1. The van der Waals surface area contributed by atoms with E-state index in [1.54, 1.807) is 18.2 Å². The number of anilines is 1. The SMILES string of the molecule is CCOc1c(Cl)cc(C(=O)Nc2ccccc2O)cc1OC. The van der Waals surface area contributed by atoms with E-state index in [1.807, 2.05) is 6.92 Å². The molecule has 0 heterocycles. The predicted molar refractivity (Wildman–Crippen MR) is 85.2 cm³/mol. The Hall–Kier alpha value is -2.40. The largest absolute Gasteiger partial charge is 0.506 e. The molecule has 6 heteroatoms. The van der Waals surface area contributed by atoms with Crippen molar-refractivity contribution < 1.29 is 19.4 Å². The van der Waals surface area contributed by atoms with Gasteiger partial charge in [0.1, 0.15) is 5.75 Å². The maximum Gasteiger partial charge on any atom is 0.255 e. The number of phenols is 1. The molecule has 1 amide bonds. The molecule has 0 saturated heterocycles. The summed E-state index contributed by atoms with van der Waals surface area (Å²) in [6, 6.07) is 9.49. The Morgan fingerprint density at radius 2 is 2.05 bits per heavy atom. The number of benzene rings is 2. The average molecular weight is 322 g/mol. The number of carbonyl (C=O) groups is 1. The fraction of sp³-hybridized carbons (Fsp3) is 0.188. The van der Waals surface area contributed by atoms with Gasteiger partial charge in [-0.15, -0.1) is 0 Å². The van der Waals surface area contributed by atoms with Gasteiger partial charge < -0.3 is 19.9 Å². The Labute approximate surface area is 133 Å². The second-order valence-corrected chi connectivity index (χ2v) is 4.80. The van der Waals surface area contributed by atoms with Crippen molar-refractivity contribution in [1.82, 2.24) is 0 Å². The lowest BCUT2D eigenvalue weighted by molar-refractivity contribution is 0.102. The minimum absolute atomic E-state index is 0.0140. The van der Waals surface area contributed by atoms with Crippen molar-refractivity contribution in [2.75, 3.05) is 19.0 Å². The Morgan fingerprint density at radius 3 is 2.68 bits per heavy atom. The van der Waals surface area contributed by atoms with Gasteiger partial charge in [0.15, 0.2) is 11.5 Å². The summed E-state index contributed by atoms with van der Waals surface area (Å²) in [6.45, 7) is 2.26. The normalized spacial score (nSPS) is 10.1. The molecule has 5 nitrogen and oxygen atoms in total. The number of rotatable bonds is 5. The molecule has 0 aliphatic heterocycles. The van der Waals surface area contributed by atoms with Gasteiger partial charge in [-0.05, 0) is 31.2 Å². The van der Waals surface area contributed by atoms with Gasteiger partial charge in [-0.2, -0.15) is 0 Å². The topological polar surface area (TPSA) is 67.8 Å². The van der Waals surface area contributed by atoms with Crippen LogP contribution in [-0.4, -0.2) is 24.7 Å². The van der Waals surface area contributed by atoms with Crippen LogP contribution in [0.15, 0.2) is 36.4 Å². The molecule has 0 aliphatic rings. The molecule has 0 spiro atoms. The number of methoxy groups -OCH3 is 1. The first-order valence-electron chi connectivity index (χ1n) is 6.66. The van der Waals surface area contributed by atoms with Crippen LogP contribution in [0.25, 0.3) is 0 Å². The number of aromatic hydroxyl groups is 1. The van der Waals surface area contributed by atoms with Crippen LogP contribution in [-0.2, 0) is 0 Å². The van der Waals surface area contributed by atoms with Crippen LogP contribution in [0.5, 0.6) is 17.2 Å². The van der Waals surface area contributed by atoms with Gasteiger partial charge in [-0.1, -0.05) is 23.7 Å². The third-order valence-corrected chi connectivity index (χ3v) is 3.21. The summed E-state index contributed by atoms with van der Waals surface area (Å²) in [7, 11) is 1.47. The lowest BCUT2D eigenvalue weighted by atomic mass is 10.1. The van der Waals surface area contributed by atoms with Crippen molar-refractivity contribution in [1.29, 1.82) is 0 Å². The van der Waals surface area contributed by atoms with Crippen molar-refractivity contribution in [2.45, 2.75) is 6.92 Å². The number of hydrogen-bond acceptors (Lipinski definition) is 4. The Morgan fingerprint density at radius 1 is 1.32 bits per heavy atom. The van der Waals surface area contributed by atoms with Crippen LogP contribution in [0, 0.1) is 0 Å². The number of carbonyl (C=O) groups excluding carboxylic acids is 1. The van der Waals surface area contributed by atoms with Crippen molar-refractivity contribution in [3.8, 4) is 17.2 Å². The summed E-state index contributed by atoms with van der Waals surface area (Å²) >= 11 is 6.14. The van der Waals surface area contributed by atoms with Gasteiger partial charge in [0.2, 0.25) is 0 Å². The third-order valence-electron chi connectivity index (χ3n) is 2.93. The standard InChI is InChI=1S/C16H16ClNO4/c1-3-22-15-11(17)8-10(9-14(15)21-2)16(20)18-12-6-4-5-7-13(12)19/h4-9,19H,3H2,1-2H3,(H,18,20). The summed E-state index contributed by atoms with van der Waals surface area (Å²) in [4.78, 5) is 12.3. The van der Waals surface area contributed by atoms with E-state index in [0.29, 0.717) is 29.4 Å². The minimum Gasteiger partial charge on any atom is -0.506 e. The van der Waals surface area contributed by atoms with Gasteiger partial charge in [-0.25, -0.2) is 0 Å². The van der Waals surface area contributed by atoms with Crippen LogP contribution in [0.3, 0.4) is 0 Å². The molecule has 0 radical (unpaired) electrons. The molecule has 0 bridgehead atoms. The highest BCUT2D eigenvalue weighted by Gasteiger charge is 2.16. The zero-order valence-electron chi connectivity index (χ0n) is 12.2. The second kappa shape index (κ2) is 7.04. The molecule has 0 atom stereocenters. The van der Waals surface area contributed by atoms with E-state index in [4.69, 9.17) is 21.1 Å². The lowest BCUT2D eigenvalue weighted by Crippen LogP contribution is -2.12. The Bertz CT molecular complexity index is 688. The zero-order chi connectivity index (χ0) is 16.1. The highest BCUT2D eigenvalue weighted by Crippen LogP contribution is 2.36. The summed E-state index contributed by atoms with van der Waals surface area (Å²) < 4.78 is 10.6. The number of halogens is 1. The fourth-order valence-corrected chi connectivity index (χ4v) is 2.17. The number of hydrogen-bond donors (Lipinski definition) is 2. The van der Waals surface area contributed by atoms with E-state index in [9.17, 15) is 9.90 Å². The van der Waals surface area contributed by atoms with E-state index in [1.165, 1.54) is 25.3 Å². The van der Waals surface area contributed by atoms with Crippen molar-refractivity contribution in [3.63, 3.8) is 0 Å². The molecule has 2 aromatic rings. The molecule has 0 aromatic heterocycles. The van der Waals surface area contributed by atoms with Crippen molar-refractivity contribution >= 4 is 23.2 Å². The first-order valence-corrected chi connectivity index (χ1v) is 7.04. The highest BCUT2D eigenvalue weighted by molar-refractivity contribution is 6.32. The van der Waals surface area contributed by atoms with E-state index in [-0.39, 0.29) is 10.8 Å². The van der Waals surface area contributed by atoms with Crippen LogP contribution < -0.4 is 14.8 Å². The molecule has 116 valence electrons. The summed E-state index contributed by atoms with van der Waals surface area (Å²) in [5.74, 6) is 0.340. The quantitative estimate of drug-likeness (QED) is 0.824. The molecule has 2 aromatic carbocycles. The number of ether oxygens (including phenoxy) is 2. The van der Waals surface area contributed by atoms with Gasteiger partial charge >= 0.3 is 0 Å². The molecule has 2 rings (SSSR count). The molecular formula is C16H16ClNO4. The van der Waals surface area contributed by atoms with Crippen molar-refractivity contribution in [3.05, 3.63) is 47.0 Å². The predicted octanol–water partition coefficient (Wildman–Crippen LogP) is 3.71. The van der Waals surface area contributed by atoms with E-state index < -0.39 is 5.91 Å². The van der Waals surface area contributed by atoms with E-state index >= 15 is 0 Å². The molecule has 22 heavy (non-hydrogen) atoms. The lowest BCUT2D eigenvalue weighted by Gasteiger charge is -2.13. The number of nitrogens with one attached hydrogen (secondary N) is 1. The molecule has 0 saturated carbocycles. The fourth-order valence-electron chi connectivity index (χ4n) is 1.91. The van der Waals surface area contributed by atoms with Gasteiger partial charge in [0.25, 0.3) is 5.91 Å². The van der Waals surface area contributed by atoms with Gasteiger partial charge in [0.05, 0.1) is 24.4 Å². The van der Waals surface area contributed by atoms with E-state index in [2.05, 4.69) is 5.32 Å². The maximum atomic E-state index is 12.3. The van der Waals surface area contributed by atoms with E-state index in [0.717, 1.165) is 0 Å². The maximum absolute atomic E-state index is 12.3. The van der Waals surface area contributed by atoms with Gasteiger partial charge in [-0.3, -0.25) is 4.79 Å². The van der Waals surface area contributed by atoms with Gasteiger partial charge in [0, 0.05) is 5.56 Å². The third kappa shape index (κ3) is 3.43. The average Bonchev–Trinajstić information content (AvgIpc) is 2.51. The first kappa shape index (κ1) is 16.0.